The summed E-state index contributed by atoms with van der Waals surface area (Å²) < 4.78 is 0. The van der Waals surface area contributed by atoms with Crippen LogP contribution in [0.25, 0.3) is 0 Å². The summed E-state index contributed by atoms with van der Waals surface area (Å²) >= 11 is 0. The third-order valence-corrected chi connectivity index (χ3v) is 3.52. The van der Waals surface area contributed by atoms with Crippen molar-refractivity contribution in [3.8, 4) is 0 Å². The minimum absolute atomic E-state index is 0.211. The zero-order valence-electron chi connectivity index (χ0n) is 6.84. The van der Waals surface area contributed by atoms with Gasteiger partial charge in [-0.1, -0.05) is 24.3 Å². The molecule has 2 heteroatoms. The molecule has 3 aliphatic rings. The predicted octanol–water partition coefficient (Wildman–Crippen LogP) is 1.01. The van der Waals surface area contributed by atoms with Crippen molar-refractivity contribution < 1.29 is 4.79 Å². The highest BCUT2D eigenvalue weighted by atomic mass is 16.1. The molecule has 0 spiro atoms. The second-order valence-corrected chi connectivity index (χ2v) is 4.16. The number of allylic oxidation sites excluding steroid dienone is 3. The maximum absolute atomic E-state index is 11.2. The lowest BCUT2D eigenvalue weighted by Crippen LogP contribution is -2.39. The van der Waals surface area contributed by atoms with Crippen LogP contribution in [-0.4, -0.2) is 12.5 Å². The average molecular weight is 161 g/mol. The minimum atomic E-state index is 0.211. The van der Waals surface area contributed by atoms with E-state index in [1.807, 2.05) is 0 Å². The van der Waals surface area contributed by atoms with Gasteiger partial charge >= 0.3 is 0 Å². The van der Waals surface area contributed by atoms with Gasteiger partial charge in [-0.25, -0.2) is 0 Å². The minimum Gasteiger partial charge on any atom is -0.355 e. The first-order valence-electron chi connectivity index (χ1n) is 4.40. The Hall–Kier alpha value is -1.05. The number of piperidine rings is 1. The molecule has 12 heavy (non-hydrogen) atoms. The number of rotatable bonds is 0. The van der Waals surface area contributed by atoms with E-state index in [9.17, 15) is 4.79 Å². The fourth-order valence-electron chi connectivity index (χ4n) is 2.65. The SMILES string of the molecule is O=C1CC23C=CC=CC2(CN1)C3. The van der Waals surface area contributed by atoms with Crippen molar-refractivity contribution in [2.45, 2.75) is 12.8 Å². The first-order chi connectivity index (χ1) is 5.77. The number of carbonyl (C=O) groups excluding carboxylic acids is 1. The Balaban J connectivity index is 2.03. The Morgan fingerprint density at radius 1 is 1.25 bits per heavy atom. The second kappa shape index (κ2) is 1.65. The molecule has 2 atom stereocenters. The molecule has 0 aromatic heterocycles. The fraction of sp³-hybridized carbons (Fsp3) is 0.500. The van der Waals surface area contributed by atoms with Gasteiger partial charge in [0.15, 0.2) is 0 Å². The highest BCUT2D eigenvalue weighted by Gasteiger charge is 2.67. The molecule has 0 aromatic rings. The van der Waals surface area contributed by atoms with E-state index in [0.29, 0.717) is 11.8 Å². The molecule has 1 N–H and O–H groups in total. The normalized spacial score (nSPS) is 47.8. The van der Waals surface area contributed by atoms with Crippen molar-refractivity contribution in [3.63, 3.8) is 0 Å². The molecule has 1 saturated carbocycles. The third-order valence-electron chi connectivity index (χ3n) is 3.52. The Morgan fingerprint density at radius 3 is 2.83 bits per heavy atom. The first-order valence-corrected chi connectivity index (χ1v) is 4.40. The molecule has 62 valence electrons. The molecule has 0 bridgehead atoms. The Kier molecular flexibility index (Phi) is 0.891. The van der Waals surface area contributed by atoms with E-state index >= 15 is 0 Å². The van der Waals surface area contributed by atoms with E-state index in [1.165, 1.54) is 0 Å². The van der Waals surface area contributed by atoms with Crippen molar-refractivity contribution in [2.24, 2.45) is 10.8 Å². The molecule has 2 unspecified atom stereocenters. The van der Waals surface area contributed by atoms with Crippen LogP contribution >= 0.6 is 0 Å². The van der Waals surface area contributed by atoms with Crippen LogP contribution in [0.15, 0.2) is 24.3 Å². The van der Waals surface area contributed by atoms with Gasteiger partial charge < -0.3 is 5.32 Å². The quantitative estimate of drug-likeness (QED) is 0.564. The van der Waals surface area contributed by atoms with Crippen LogP contribution in [0.1, 0.15) is 12.8 Å². The summed E-state index contributed by atoms with van der Waals surface area (Å²) in [5.74, 6) is 0.211. The molecular formula is C10H11NO. The molecule has 2 fully saturated rings. The second-order valence-electron chi connectivity index (χ2n) is 4.16. The molecule has 2 nitrogen and oxygen atoms in total. The molecule has 0 radical (unpaired) electrons. The van der Waals surface area contributed by atoms with Gasteiger partial charge in [-0.2, -0.15) is 0 Å². The molecule has 3 rings (SSSR count). The monoisotopic (exact) mass is 161 g/mol. The van der Waals surface area contributed by atoms with Crippen LogP contribution in [0.3, 0.4) is 0 Å². The summed E-state index contributed by atoms with van der Waals surface area (Å²) in [5, 5.41) is 2.93. The lowest BCUT2D eigenvalue weighted by molar-refractivity contribution is -0.123. The van der Waals surface area contributed by atoms with Gasteiger partial charge in [-0.15, -0.1) is 0 Å². The summed E-state index contributed by atoms with van der Waals surface area (Å²) in [5.41, 5.74) is 0.514. The van der Waals surface area contributed by atoms with Crippen molar-refractivity contribution >= 4 is 5.91 Å². The summed E-state index contributed by atoms with van der Waals surface area (Å²) in [6.45, 7) is 0.840. The van der Waals surface area contributed by atoms with Crippen molar-refractivity contribution in [1.82, 2.24) is 5.32 Å². The smallest absolute Gasteiger partial charge is 0.220 e. The summed E-state index contributed by atoms with van der Waals surface area (Å²) in [4.78, 5) is 11.2. The molecule has 1 heterocycles. The predicted molar refractivity (Wildman–Crippen MR) is 45.4 cm³/mol. The lowest BCUT2D eigenvalue weighted by Gasteiger charge is -2.27. The molecule has 0 aromatic carbocycles. The van der Waals surface area contributed by atoms with Crippen molar-refractivity contribution in [2.75, 3.05) is 6.54 Å². The van der Waals surface area contributed by atoms with E-state index in [2.05, 4.69) is 29.6 Å². The van der Waals surface area contributed by atoms with Crippen molar-refractivity contribution in [3.05, 3.63) is 24.3 Å². The zero-order chi connectivity index (χ0) is 8.23. The van der Waals surface area contributed by atoms with E-state index in [4.69, 9.17) is 0 Å². The molecule has 1 aliphatic heterocycles. The summed E-state index contributed by atoms with van der Waals surface area (Å²) in [6.07, 6.45) is 10.5. The van der Waals surface area contributed by atoms with Crippen LogP contribution < -0.4 is 5.32 Å². The number of hydrogen-bond acceptors (Lipinski definition) is 1. The molecule has 1 amide bonds. The molecule has 1 saturated heterocycles. The molecular weight excluding hydrogens is 150 g/mol. The maximum Gasteiger partial charge on any atom is 0.220 e. The summed E-state index contributed by atoms with van der Waals surface area (Å²) in [6, 6.07) is 0. The number of hydrogen-bond donors (Lipinski definition) is 1. The Labute approximate surface area is 71.3 Å². The number of amides is 1. The summed E-state index contributed by atoms with van der Waals surface area (Å²) in [7, 11) is 0. The third kappa shape index (κ3) is 0.554. The number of nitrogens with one attached hydrogen (secondary N) is 1. The van der Waals surface area contributed by atoms with Gasteiger partial charge in [0.25, 0.3) is 0 Å². The van der Waals surface area contributed by atoms with Crippen LogP contribution in [-0.2, 0) is 4.79 Å². The highest BCUT2D eigenvalue weighted by molar-refractivity contribution is 5.80. The number of carbonyl (C=O) groups is 1. The largest absolute Gasteiger partial charge is 0.355 e. The van der Waals surface area contributed by atoms with Crippen LogP contribution in [0.5, 0.6) is 0 Å². The topological polar surface area (TPSA) is 29.1 Å². The van der Waals surface area contributed by atoms with Gasteiger partial charge in [0.1, 0.15) is 0 Å². The lowest BCUT2D eigenvalue weighted by atomic mass is 9.83. The van der Waals surface area contributed by atoms with Gasteiger partial charge in [0.2, 0.25) is 5.91 Å². The standard InChI is InChI=1S/C10H11NO/c12-8-5-9-3-1-2-4-10(9,6-9)7-11-8/h1-4H,5-7H2,(H,11,12). The maximum atomic E-state index is 11.2. The Bertz CT molecular complexity index is 314. The van der Waals surface area contributed by atoms with Crippen LogP contribution in [0.4, 0.5) is 0 Å². The average Bonchev–Trinajstić information content (AvgIpc) is 2.72. The van der Waals surface area contributed by atoms with Gasteiger partial charge in [-0.05, 0) is 6.42 Å². The van der Waals surface area contributed by atoms with E-state index in [0.717, 1.165) is 13.0 Å². The molecule has 2 aliphatic carbocycles. The first kappa shape index (κ1) is 6.46. The Morgan fingerprint density at radius 2 is 2.00 bits per heavy atom. The van der Waals surface area contributed by atoms with Crippen LogP contribution in [0.2, 0.25) is 0 Å². The fourth-order valence-corrected chi connectivity index (χ4v) is 2.65. The van der Waals surface area contributed by atoms with Gasteiger partial charge in [-0.3, -0.25) is 4.79 Å². The van der Waals surface area contributed by atoms with Gasteiger partial charge in [0.05, 0.1) is 0 Å². The van der Waals surface area contributed by atoms with Crippen LogP contribution in [0, 0.1) is 10.8 Å². The van der Waals surface area contributed by atoms with E-state index in [-0.39, 0.29) is 11.3 Å². The van der Waals surface area contributed by atoms with Gasteiger partial charge in [0, 0.05) is 23.8 Å². The zero-order valence-corrected chi connectivity index (χ0v) is 6.84. The van der Waals surface area contributed by atoms with Crippen molar-refractivity contribution in [1.29, 1.82) is 0 Å². The van der Waals surface area contributed by atoms with E-state index in [1.54, 1.807) is 0 Å². The highest BCUT2D eigenvalue weighted by Crippen LogP contribution is 2.69. The van der Waals surface area contributed by atoms with E-state index < -0.39 is 0 Å².